The zero-order valence-electron chi connectivity index (χ0n) is 16.2. The van der Waals surface area contributed by atoms with E-state index in [1.54, 1.807) is 0 Å². The first-order valence-corrected chi connectivity index (χ1v) is 12.7. The molecule has 0 radical (unpaired) electrons. The van der Waals surface area contributed by atoms with Crippen molar-refractivity contribution in [1.29, 1.82) is 0 Å². The quantitative estimate of drug-likeness (QED) is 0.305. The number of hydrogen-bond donors (Lipinski definition) is 1. The van der Waals surface area contributed by atoms with Gasteiger partial charge in [-0.3, -0.25) is 0 Å². The second kappa shape index (κ2) is 11.6. The van der Waals surface area contributed by atoms with Crippen molar-refractivity contribution in [2.75, 3.05) is 0 Å². The first-order chi connectivity index (χ1) is 12.7. The second-order valence-corrected chi connectivity index (χ2v) is 8.80. The fourth-order valence-electron chi connectivity index (χ4n) is 2.76. The summed E-state index contributed by atoms with van der Waals surface area (Å²) in [5, 5.41) is 9.52. The van der Waals surface area contributed by atoms with E-state index < -0.39 is 17.0 Å². The third-order valence-electron chi connectivity index (χ3n) is 4.86. The van der Waals surface area contributed by atoms with E-state index in [2.05, 4.69) is 34.6 Å². The summed E-state index contributed by atoms with van der Waals surface area (Å²) in [6.45, 7) is 11.0. The molecule has 27 heavy (non-hydrogen) atoms. The van der Waals surface area contributed by atoms with Crippen LogP contribution in [0.3, 0.4) is 0 Å². The Morgan fingerprint density at radius 1 is 0.889 bits per heavy atom. The Hall–Kier alpha value is -1.19. The van der Waals surface area contributed by atoms with Gasteiger partial charge in [0.2, 0.25) is 0 Å². The summed E-state index contributed by atoms with van der Waals surface area (Å²) in [5.74, 6) is -0.251. The molecule has 0 bridgehead atoms. The molecular weight excluding hydrogens is 418 g/mol. The minimum absolute atomic E-state index is 0.0950. The zero-order chi connectivity index (χ0) is 20.6. The Bertz CT molecular complexity index is 780. The molecule has 0 aromatic heterocycles. The van der Waals surface area contributed by atoms with Gasteiger partial charge in [-0.25, -0.2) is 4.39 Å². The van der Waals surface area contributed by atoms with Crippen molar-refractivity contribution in [3.63, 3.8) is 0 Å². The van der Waals surface area contributed by atoms with Crippen molar-refractivity contribution in [2.24, 2.45) is 0 Å². The number of benzene rings is 2. The molecular formula is C22H24Cl2FOTi-. The van der Waals surface area contributed by atoms with Crippen LogP contribution in [0.2, 0.25) is 0 Å². The molecule has 0 amide bonds. The van der Waals surface area contributed by atoms with Crippen molar-refractivity contribution >= 4 is 18.6 Å². The normalized spacial score (nSPS) is 9.63. The first-order valence-electron chi connectivity index (χ1n) is 8.44. The molecule has 1 nitrogen and oxygen atoms in total. The Kier molecular flexibility index (Phi) is 10.3. The zero-order valence-corrected chi connectivity index (χ0v) is 19.3. The molecule has 5 heteroatoms. The first kappa shape index (κ1) is 23.9. The molecule has 144 valence electrons. The number of hydrogen-bond acceptors (Lipinski definition) is 1. The summed E-state index contributed by atoms with van der Waals surface area (Å²) in [7, 11) is 9.78. The van der Waals surface area contributed by atoms with Gasteiger partial charge in [-0.05, 0) is 23.8 Å². The number of halogens is 3. The van der Waals surface area contributed by atoms with Crippen LogP contribution in [0.15, 0.2) is 48.5 Å². The van der Waals surface area contributed by atoms with Gasteiger partial charge in [-0.2, -0.15) is 27.8 Å². The Labute approximate surface area is 178 Å². The fraction of sp³-hybridized carbons (Fsp3) is 0.227. The van der Waals surface area contributed by atoms with Crippen LogP contribution >= 0.6 is 18.6 Å². The van der Waals surface area contributed by atoms with Gasteiger partial charge in [0, 0.05) is 5.56 Å². The van der Waals surface area contributed by atoms with Gasteiger partial charge in [0.15, 0.2) is 0 Å². The van der Waals surface area contributed by atoms with E-state index in [0.717, 1.165) is 5.56 Å². The minimum atomic E-state index is -0.556. The molecule has 3 rings (SSSR count). The Morgan fingerprint density at radius 3 is 1.78 bits per heavy atom. The Morgan fingerprint density at radius 2 is 1.37 bits per heavy atom. The molecule has 0 saturated carbocycles. The van der Waals surface area contributed by atoms with Crippen LogP contribution in [0.1, 0.15) is 27.8 Å². The van der Waals surface area contributed by atoms with Crippen LogP contribution in [0, 0.1) is 40.4 Å². The van der Waals surface area contributed by atoms with Gasteiger partial charge in [-0.15, -0.1) is 0 Å². The molecule has 0 heterocycles. The van der Waals surface area contributed by atoms with Gasteiger partial charge < -0.3 is 5.11 Å². The molecule has 3 aromatic carbocycles. The summed E-state index contributed by atoms with van der Waals surface area (Å²) in [5.41, 5.74) is 8.67. The molecule has 0 aliphatic heterocycles. The summed E-state index contributed by atoms with van der Waals surface area (Å²) < 4.78 is 12.9. The standard InChI is InChI=1S/C12H9FO.C10H15.2ClH.Ti/c13-10-6-7-12(14)11(8-10)9-4-2-1-3-5-9;1-6-7(2)9(4)10(5)8(6)3;;;/h1-8,14H;1-5H3;2*1H;/q;-1;;;+2/p-2. The second-order valence-electron chi connectivity index (χ2n) is 6.22. The van der Waals surface area contributed by atoms with Crippen LogP contribution in [0.4, 0.5) is 4.39 Å². The number of aromatic hydroxyl groups is 1. The maximum absolute atomic E-state index is 12.9. The molecule has 0 aliphatic carbocycles. The van der Waals surface area contributed by atoms with Crippen molar-refractivity contribution in [3.05, 3.63) is 82.2 Å². The average Bonchev–Trinajstić information content (AvgIpc) is 2.83. The molecule has 0 unspecified atom stereocenters. The molecule has 3 aromatic rings. The predicted octanol–water partition coefficient (Wildman–Crippen LogP) is 7.52. The molecule has 1 N–H and O–H groups in total. The van der Waals surface area contributed by atoms with E-state index in [1.165, 1.54) is 46.0 Å². The number of phenolic OH excluding ortho intramolecular Hbond substituents is 1. The van der Waals surface area contributed by atoms with Crippen LogP contribution in [0.25, 0.3) is 11.1 Å². The van der Waals surface area contributed by atoms with Gasteiger partial charge in [-0.1, -0.05) is 65.0 Å². The molecule has 0 atom stereocenters. The van der Waals surface area contributed by atoms with Crippen molar-refractivity contribution < 1.29 is 26.5 Å². The van der Waals surface area contributed by atoms with Crippen LogP contribution < -0.4 is 0 Å². The predicted molar refractivity (Wildman–Crippen MR) is 111 cm³/mol. The number of rotatable bonds is 1. The molecule has 0 spiro atoms. The van der Waals surface area contributed by atoms with Gasteiger partial charge in [0.25, 0.3) is 0 Å². The van der Waals surface area contributed by atoms with E-state index in [4.69, 9.17) is 18.6 Å². The van der Waals surface area contributed by atoms with Crippen molar-refractivity contribution in [3.8, 4) is 16.9 Å². The summed E-state index contributed by atoms with van der Waals surface area (Å²) in [6.07, 6.45) is 0. The third-order valence-corrected chi connectivity index (χ3v) is 4.86. The van der Waals surface area contributed by atoms with Gasteiger partial charge in [0.05, 0.1) is 0 Å². The van der Waals surface area contributed by atoms with E-state index in [9.17, 15) is 9.50 Å². The van der Waals surface area contributed by atoms with E-state index in [1.807, 2.05) is 30.3 Å². The summed E-state index contributed by atoms with van der Waals surface area (Å²) >= 11 is -0.556. The SMILES string of the molecule is Cc1c(C)c(C)[c-](C)c1C.Oc1ccc(F)cc1-c1ccccc1.[Cl][Ti][Cl]. The van der Waals surface area contributed by atoms with Crippen LogP contribution in [0.5, 0.6) is 5.75 Å². The molecule has 0 fully saturated rings. The van der Waals surface area contributed by atoms with E-state index in [0.29, 0.717) is 5.56 Å². The average molecular weight is 442 g/mol. The van der Waals surface area contributed by atoms with Crippen LogP contribution in [-0.4, -0.2) is 5.11 Å². The number of phenols is 1. The van der Waals surface area contributed by atoms with Gasteiger partial charge >= 0.3 is 35.6 Å². The van der Waals surface area contributed by atoms with E-state index >= 15 is 0 Å². The Balaban J connectivity index is 0.000000246. The monoisotopic (exact) mass is 441 g/mol. The van der Waals surface area contributed by atoms with Crippen molar-refractivity contribution in [2.45, 2.75) is 34.6 Å². The van der Waals surface area contributed by atoms with Crippen LogP contribution in [-0.2, 0) is 17.0 Å². The maximum atomic E-state index is 12.9. The topological polar surface area (TPSA) is 20.2 Å². The van der Waals surface area contributed by atoms with Gasteiger partial charge in [0.1, 0.15) is 11.6 Å². The molecule has 0 aliphatic rings. The van der Waals surface area contributed by atoms with Crippen molar-refractivity contribution in [1.82, 2.24) is 0 Å². The van der Waals surface area contributed by atoms with E-state index in [-0.39, 0.29) is 11.6 Å². The fourth-order valence-corrected chi connectivity index (χ4v) is 2.76. The molecule has 0 saturated heterocycles. The summed E-state index contributed by atoms with van der Waals surface area (Å²) in [4.78, 5) is 0. The third kappa shape index (κ3) is 6.73. The summed E-state index contributed by atoms with van der Waals surface area (Å²) in [6, 6.07) is 13.1.